The second-order valence-electron chi connectivity index (χ2n) is 9.41. The quantitative estimate of drug-likeness (QED) is 0.129. The summed E-state index contributed by atoms with van der Waals surface area (Å²) in [7, 11) is 0. The zero-order chi connectivity index (χ0) is 29.2. The molecule has 1 aromatic carbocycles. The minimum absolute atomic E-state index is 0.0320. The van der Waals surface area contributed by atoms with Crippen LogP contribution < -0.4 is 20.9 Å². The number of esters is 1. The van der Waals surface area contributed by atoms with E-state index in [0.29, 0.717) is 5.75 Å². The third-order valence-corrected chi connectivity index (χ3v) is 8.50. The Morgan fingerprint density at radius 1 is 1.40 bits per heavy atom. The highest BCUT2D eigenvalue weighted by atomic mass is 32.5. The maximum absolute atomic E-state index is 12.5. The number of nitrogen functional groups attached to an aromatic ring is 1. The van der Waals surface area contributed by atoms with Gasteiger partial charge in [0.25, 0.3) is 5.56 Å². The summed E-state index contributed by atoms with van der Waals surface area (Å²) < 4.78 is 24.4. The Morgan fingerprint density at radius 3 is 2.75 bits per heavy atom. The lowest BCUT2D eigenvalue weighted by Gasteiger charge is -2.28. The predicted molar refractivity (Wildman–Crippen MR) is 150 cm³/mol. The lowest BCUT2D eigenvalue weighted by molar-refractivity contribution is -0.149. The number of carbonyl (C=O) groups excluding carboxylic acids is 1. The van der Waals surface area contributed by atoms with Crippen molar-refractivity contribution in [3.63, 3.8) is 0 Å². The van der Waals surface area contributed by atoms with Crippen LogP contribution in [0.15, 0.2) is 47.5 Å². The molecule has 13 nitrogen and oxygen atoms in total. The molecule has 214 valence electrons. The fraction of sp³-hybridized carbons (Fsp3) is 0.400. The summed E-state index contributed by atoms with van der Waals surface area (Å²) in [5, 5.41) is 25.2. The van der Waals surface area contributed by atoms with Gasteiger partial charge in [0.1, 0.15) is 29.8 Å². The number of H-pyrrole nitrogens is 1. The number of para-hydroxylation sites is 1. The SMILES string of the molecule is C#C[C@@]1(O)[C@H](O)[C@@H](COP(=S)(N[C@@H](C)C(=O)OC(C)C)Oc2ccccc2)O[C@H]1n1cnc2c(=O)[nH]c(N)cc21. The topological polar surface area (TPSA) is 183 Å². The van der Waals surface area contributed by atoms with Crippen molar-refractivity contribution in [2.24, 2.45) is 0 Å². The van der Waals surface area contributed by atoms with Gasteiger partial charge in [0.05, 0.1) is 24.6 Å². The molecule has 6 atom stereocenters. The number of terminal acetylenes is 1. The number of aliphatic hydroxyl groups excluding tert-OH is 1. The summed E-state index contributed by atoms with van der Waals surface area (Å²) in [5.74, 6) is 2.05. The molecule has 40 heavy (non-hydrogen) atoms. The molecule has 3 heterocycles. The first-order valence-corrected chi connectivity index (χ1v) is 14.9. The van der Waals surface area contributed by atoms with Gasteiger partial charge in [-0.1, -0.05) is 24.1 Å². The molecule has 0 saturated carbocycles. The first-order chi connectivity index (χ1) is 18.9. The number of pyridine rings is 1. The number of aromatic nitrogens is 3. The van der Waals surface area contributed by atoms with E-state index in [1.54, 1.807) is 51.1 Å². The lowest BCUT2D eigenvalue weighted by Crippen LogP contribution is -2.46. The average molecular weight is 592 g/mol. The summed E-state index contributed by atoms with van der Waals surface area (Å²) in [4.78, 5) is 31.2. The zero-order valence-corrected chi connectivity index (χ0v) is 23.6. The van der Waals surface area contributed by atoms with Crippen LogP contribution in [0, 0.1) is 12.3 Å². The number of anilines is 1. The van der Waals surface area contributed by atoms with Crippen molar-refractivity contribution in [2.75, 3.05) is 12.3 Å². The molecule has 1 saturated heterocycles. The number of ether oxygens (including phenoxy) is 2. The number of aromatic amines is 1. The van der Waals surface area contributed by atoms with Crippen LogP contribution in [0.3, 0.4) is 0 Å². The number of fused-ring (bicyclic) bond motifs is 1. The highest BCUT2D eigenvalue weighted by Crippen LogP contribution is 2.47. The summed E-state index contributed by atoms with van der Waals surface area (Å²) in [6.45, 7) is 1.11. The Morgan fingerprint density at radius 2 is 2.10 bits per heavy atom. The summed E-state index contributed by atoms with van der Waals surface area (Å²) in [6.07, 6.45) is 2.31. The van der Waals surface area contributed by atoms with Crippen molar-refractivity contribution in [1.82, 2.24) is 19.6 Å². The van der Waals surface area contributed by atoms with Crippen LogP contribution in [-0.4, -0.2) is 67.3 Å². The molecule has 6 N–H and O–H groups in total. The molecule has 3 aromatic rings. The number of nitrogens with one attached hydrogen (secondary N) is 2. The van der Waals surface area contributed by atoms with E-state index in [0.717, 1.165) is 0 Å². The van der Waals surface area contributed by atoms with E-state index in [1.165, 1.54) is 17.0 Å². The summed E-state index contributed by atoms with van der Waals surface area (Å²) in [5.41, 5.74) is 3.24. The molecule has 1 unspecified atom stereocenters. The zero-order valence-electron chi connectivity index (χ0n) is 21.9. The number of nitrogens with zero attached hydrogens (tertiary/aromatic N) is 2. The van der Waals surface area contributed by atoms with Crippen molar-refractivity contribution < 1.29 is 33.5 Å². The van der Waals surface area contributed by atoms with E-state index < -0.39 is 48.2 Å². The maximum Gasteiger partial charge on any atom is 0.323 e. The second-order valence-corrected chi connectivity index (χ2v) is 12.6. The Balaban J connectivity index is 1.59. The fourth-order valence-corrected chi connectivity index (χ4v) is 6.51. The maximum atomic E-state index is 12.5. The smallest absolute Gasteiger partial charge is 0.323 e. The van der Waals surface area contributed by atoms with Crippen LogP contribution in [-0.2, 0) is 30.6 Å². The Bertz CT molecular complexity index is 1520. The number of aliphatic hydroxyl groups is 2. The van der Waals surface area contributed by atoms with Crippen molar-refractivity contribution in [3.05, 3.63) is 53.1 Å². The van der Waals surface area contributed by atoms with Gasteiger partial charge in [-0.05, 0) is 44.7 Å². The molecule has 1 aliphatic heterocycles. The van der Waals surface area contributed by atoms with Crippen LogP contribution in [0.1, 0.15) is 27.0 Å². The monoisotopic (exact) mass is 591 g/mol. The van der Waals surface area contributed by atoms with Crippen LogP contribution in [0.2, 0.25) is 0 Å². The minimum Gasteiger partial charge on any atom is -0.462 e. The normalized spacial score (nSPS) is 24.9. The van der Waals surface area contributed by atoms with E-state index >= 15 is 0 Å². The molecule has 0 radical (unpaired) electrons. The first kappa shape index (κ1) is 29.7. The number of carbonyl (C=O) groups is 1. The first-order valence-electron chi connectivity index (χ1n) is 12.2. The number of benzene rings is 1. The van der Waals surface area contributed by atoms with Gasteiger partial charge >= 0.3 is 12.6 Å². The van der Waals surface area contributed by atoms with Crippen LogP contribution in [0.4, 0.5) is 5.82 Å². The van der Waals surface area contributed by atoms with Gasteiger partial charge < -0.3 is 39.5 Å². The molecule has 4 rings (SSSR count). The molecule has 2 aromatic heterocycles. The van der Waals surface area contributed by atoms with Crippen LogP contribution in [0.5, 0.6) is 5.75 Å². The highest BCUT2D eigenvalue weighted by molar-refractivity contribution is 8.09. The average Bonchev–Trinajstić information content (AvgIpc) is 3.42. The molecule has 0 aliphatic carbocycles. The molecule has 0 spiro atoms. The largest absolute Gasteiger partial charge is 0.462 e. The third kappa shape index (κ3) is 6.06. The van der Waals surface area contributed by atoms with Crippen molar-refractivity contribution in [3.8, 4) is 18.1 Å². The van der Waals surface area contributed by atoms with Crippen molar-refractivity contribution in [2.45, 2.75) is 57.0 Å². The van der Waals surface area contributed by atoms with Crippen LogP contribution in [0.25, 0.3) is 11.0 Å². The van der Waals surface area contributed by atoms with Gasteiger partial charge in [0, 0.05) is 6.07 Å². The van der Waals surface area contributed by atoms with E-state index in [-0.39, 0.29) is 29.6 Å². The lowest BCUT2D eigenvalue weighted by atomic mass is 9.95. The van der Waals surface area contributed by atoms with E-state index in [1.807, 2.05) is 0 Å². The molecular formula is C25H30N5O8PS. The standard InChI is InChI=1S/C25H30N5O8PS/c1-5-25(34)21(31)18(37-24(25)30-13-27-20-17(30)11-19(26)28-22(20)32)12-35-39(40,38-16-9-7-6-8-10-16)29-15(4)23(33)36-14(2)3/h1,6-11,13-15,18,21,24,31,34H,12H2,2-4H3,(H,29,40)(H3,26,28,32)/t15-,18+,21+,24+,25+,39?/m0/s1. The number of hydrogen-bond acceptors (Lipinski definition) is 11. The number of imidazole rings is 1. The molecule has 0 bridgehead atoms. The number of hydrogen-bond donors (Lipinski definition) is 5. The van der Waals surface area contributed by atoms with Gasteiger partial charge in [-0.3, -0.25) is 14.2 Å². The molecule has 1 fully saturated rings. The Kier molecular flexibility index (Phi) is 8.67. The van der Waals surface area contributed by atoms with Gasteiger partial charge in [-0.2, -0.15) is 0 Å². The number of nitrogens with two attached hydrogens (primary N) is 1. The van der Waals surface area contributed by atoms with Gasteiger partial charge in [-0.15, -0.1) is 6.42 Å². The molecule has 0 amide bonds. The second kappa shape index (κ2) is 11.7. The third-order valence-electron chi connectivity index (χ3n) is 6.00. The van der Waals surface area contributed by atoms with Gasteiger partial charge in [0.2, 0.25) is 0 Å². The van der Waals surface area contributed by atoms with Gasteiger partial charge in [0.15, 0.2) is 17.3 Å². The van der Waals surface area contributed by atoms with E-state index in [4.69, 9.17) is 42.5 Å². The van der Waals surface area contributed by atoms with Crippen molar-refractivity contribution >= 4 is 41.3 Å². The summed E-state index contributed by atoms with van der Waals surface area (Å²) in [6, 6.07) is 9.11. The van der Waals surface area contributed by atoms with Crippen molar-refractivity contribution in [1.29, 1.82) is 0 Å². The Labute approximate surface area is 234 Å². The molecule has 15 heteroatoms. The fourth-order valence-electron chi connectivity index (χ4n) is 4.09. The summed E-state index contributed by atoms with van der Waals surface area (Å²) >= 11 is 5.69. The van der Waals surface area contributed by atoms with Gasteiger partial charge in [-0.25, -0.2) is 10.1 Å². The molecule has 1 aliphatic rings. The minimum atomic E-state index is -3.48. The predicted octanol–water partition coefficient (Wildman–Crippen LogP) is 1.18. The van der Waals surface area contributed by atoms with E-state index in [2.05, 4.69) is 21.0 Å². The van der Waals surface area contributed by atoms with Crippen LogP contribution >= 0.6 is 6.64 Å². The Hall–Kier alpha value is -3.28. The van der Waals surface area contributed by atoms with E-state index in [9.17, 15) is 19.8 Å². The molecular weight excluding hydrogens is 561 g/mol. The highest BCUT2D eigenvalue weighted by Gasteiger charge is 2.56. The number of rotatable bonds is 10.